The first-order valence-corrected chi connectivity index (χ1v) is 7.45. The van der Waals surface area contributed by atoms with Gasteiger partial charge in [0.2, 0.25) is 5.91 Å². The monoisotopic (exact) mass is 352 g/mol. The first-order valence-electron chi connectivity index (χ1n) is 6.69. The van der Waals surface area contributed by atoms with Gasteiger partial charge in [0.05, 0.1) is 10.0 Å². The smallest absolute Gasteiger partial charge is 0.262 e. The highest BCUT2D eigenvalue weighted by Gasteiger charge is 2.06. The number of rotatable bonds is 5. The molecule has 0 bridgehead atoms. The van der Waals surface area contributed by atoms with Crippen molar-refractivity contribution in [3.63, 3.8) is 0 Å². The lowest BCUT2D eigenvalue weighted by atomic mass is 10.2. The van der Waals surface area contributed by atoms with Gasteiger partial charge in [-0.05, 0) is 30.3 Å². The summed E-state index contributed by atoms with van der Waals surface area (Å²) in [6.07, 6.45) is 0. The van der Waals surface area contributed by atoms with Crippen molar-refractivity contribution in [1.29, 1.82) is 0 Å². The zero-order chi connectivity index (χ0) is 16.8. The summed E-state index contributed by atoms with van der Waals surface area (Å²) in [5, 5.41) is 6.09. The van der Waals surface area contributed by atoms with Gasteiger partial charge in [0.25, 0.3) is 5.91 Å². The van der Waals surface area contributed by atoms with Gasteiger partial charge in [0, 0.05) is 24.4 Å². The Morgan fingerprint density at radius 3 is 2.35 bits per heavy atom. The van der Waals surface area contributed by atoms with Crippen LogP contribution in [0.4, 0.5) is 11.4 Å². The van der Waals surface area contributed by atoms with Crippen molar-refractivity contribution in [3.05, 3.63) is 52.5 Å². The largest absolute Gasteiger partial charge is 0.484 e. The van der Waals surface area contributed by atoms with Gasteiger partial charge < -0.3 is 15.4 Å². The number of anilines is 2. The average molecular weight is 353 g/mol. The number of carbonyl (C=O) groups excluding carboxylic acids is 2. The summed E-state index contributed by atoms with van der Waals surface area (Å²) in [4.78, 5) is 22.9. The summed E-state index contributed by atoms with van der Waals surface area (Å²) in [5.74, 6) is -0.0750. The normalized spacial score (nSPS) is 10.0. The average Bonchev–Trinajstić information content (AvgIpc) is 2.48. The second-order valence-electron chi connectivity index (χ2n) is 4.67. The van der Waals surface area contributed by atoms with Gasteiger partial charge in [-0.15, -0.1) is 0 Å². The van der Waals surface area contributed by atoms with Crippen LogP contribution < -0.4 is 15.4 Å². The minimum Gasteiger partial charge on any atom is -0.484 e. The molecular formula is C16H14Cl2N2O3. The Balaban J connectivity index is 1.91. The summed E-state index contributed by atoms with van der Waals surface area (Å²) in [5.41, 5.74) is 1.15. The molecule has 0 atom stereocenters. The van der Waals surface area contributed by atoms with Gasteiger partial charge in [-0.25, -0.2) is 0 Å². The number of ether oxygens (including phenoxy) is 1. The fourth-order valence-corrected chi connectivity index (χ4v) is 2.08. The number of hydrogen-bond donors (Lipinski definition) is 2. The lowest BCUT2D eigenvalue weighted by Crippen LogP contribution is -2.20. The highest BCUT2D eigenvalue weighted by atomic mass is 35.5. The molecule has 2 amide bonds. The summed E-state index contributed by atoms with van der Waals surface area (Å²) in [7, 11) is 0. The molecule has 23 heavy (non-hydrogen) atoms. The van der Waals surface area contributed by atoms with E-state index in [4.69, 9.17) is 27.9 Å². The topological polar surface area (TPSA) is 67.4 Å². The Kier molecular flexibility index (Phi) is 5.84. The Bertz CT molecular complexity index is 735. The Hall–Kier alpha value is -2.24. The maximum Gasteiger partial charge on any atom is 0.262 e. The summed E-state index contributed by atoms with van der Waals surface area (Å²) in [6, 6.07) is 11.6. The molecule has 2 rings (SSSR count). The summed E-state index contributed by atoms with van der Waals surface area (Å²) < 4.78 is 5.35. The zero-order valence-electron chi connectivity index (χ0n) is 12.2. The van der Waals surface area contributed by atoms with Crippen molar-refractivity contribution in [2.75, 3.05) is 17.2 Å². The third-order valence-corrected chi connectivity index (χ3v) is 3.47. The van der Waals surface area contributed by atoms with E-state index < -0.39 is 0 Å². The zero-order valence-corrected chi connectivity index (χ0v) is 13.7. The Morgan fingerprint density at radius 2 is 1.70 bits per heavy atom. The molecular weight excluding hydrogens is 339 g/mol. The van der Waals surface area contributed by atoms with Crippen molar-refractivity contribution in [2.24, 2.45) is 0 Å². The van der Waals surface area contributed by atoms with E-state index in [1.165, 1.54) is 13.0 Å². The van der Waals surface area contributed by atoms with Crippen LogP contribution in [0.25, 0.3) is 0 Å². The van der Waals surface area contributed by atoms with Crippen LogP contribution in [0, 0.1) is 0 Å². The lowest BCUT2D eigenvalue weighted by Gasteiger charge is -2.09. The number of halogens is 2. The van der Waals surface area contributed by atoms with Crippen molar-refractivity contribution in [1.82, 2.24) is 0 Å². The van der Waals surface area contributed by atoms with Crippen LogP contribution in [0.2, 0.25) is 10.0 Å². The fraction of sp³-hybridized carbons (Fsp3) is 0.125. The molecule has 2 aromatic carbocycles. The van der Waals surface area contributed by atoms with Crippen LogP contribution in [-0.2, 0) is 9.59 Å². The van der Waals surface area contributed by atoms with Gasteiger partial charge in [0.1, 0.15) is 5.75 Å². The molecule has 0 saturated carbocycles. The predicted molar refractivity (Wildman–Crippen MR) is 91.3 cm³/mol. The van der Waals surface area contributed by atoms with Crippen LogP contribution in [0.3, 0.4) is 0 Å². The molecule has 0 radical (unpaired) electrons. The molecule has 5 nitrogen and oxygen atoms in total. The van der Waals surface area contributed by atoms with Crippen LogP contribution in [0.15, 0.2) is 42.5 Å². The fourth-order valence-electron chi connectivity index (χ4n) is 1.79. The van der Waals surface area contributed by atoms with E-state index in [0.29, 0.717) is 27.2 Å². The third kappa shape index (κ3) is 5.47. The van der Waals surface area contributed by atoms with Crippen molar-refractivity contribution < 1.29 is 14.3 Å². The summed E-state index contributed by atoms with van der Waals surface area (Å²) in [6.45, 7) is 1.23. The Labute approximate surface area is 143 Å². The van der Waals surface area contributed by atoms with Crippen LogP contribution in [-0.4, -0.2) is 18.4 Å². The van der Waals surface area contributed by atoms with Crippen molar-refractivity contribution in [3.8, 4) is 5.75 Å². The van der Waals surface area contributed by atoms with Gasteiger partial charge in [-0.3, -0.25) is 9.59 Å². The molecule has 120 valence electrons. The number of benzene rings is 2. The second-order valence-corrected chi connectivity index (χ2v) is 5.49. The van der Waals surface area contributed by atoms with E-state index >= 15 is 0 Å². The maximum absolute atomic E-state index is 11.9. The van der Waals surface area contributed by atoms with Crippen LogP contribution in [0.5, 0.6) is 5.75 Å². The number of carbonyl (C=O) groups is 2. The first kappa shape index (κ1) is 17.1. The van der Waals surface area contributed by atoms with Gasteiger partial charge >= 0.3 is 0 Å². The minimum atomic E-state index is -0.337. The number of amides is 2. The van der Waals surface area contributed by atoms with E-state index in [-0.39, 0.29) is 18.4 Å². The maximum atomic E-state index is 11.9. The molecule has 2 aromatic rings. The standard InChI is InChI=1S/C16H14Cl2N2O3/c1-10(21)19-11-3-2-4-12(7-11)20-16(22)9-23-13-5-6-14(17)15(18)8-13/h2-8H,9H2,1H3,(H,19,21)(H,20,22). The van der Waals surface area contributed by atoms with Crippen LogP contribution in [0.1, 0.15) is 6.92 Å². The molecule has 0 aliphatic rings. The Morgan fingerprint density at radius 1 is 1.00 bits per heavy atom. The van der Waals surface area contributed by atoms with E-state index in [0.717, 1.165) is 0 Å². The van der Waals surface area contributed by atoms with Crippen molar-refractivity contribution in [2.45, 2.75) is 6.92 Å². The lowest BCUT2D eigenvalue weighted by molar-refractivity contribution is -0.118. The van der Waals surface area contributed by atoms with Gasteiger partial charge in [-0.1, -0.05) is 29.3 Å². The first-order chi connectivity index (χ1) is 10.9. The molecule has 0 aromatic heterocycles. The molecule has 0 fully saturated rings. The second kappa shape index (κ2) is 7.85. The highest BCUT2D eigenvalue weighted by Crippen LogP contribution is 2.26. The van der Waals surface area contributed by atoms with Crippen molar-refractivity contribution >= 4 is 46.4 Å². The van der Waals surface area contributed by atoms with E-state index in [1.807, 2.05) is 0 Å². The molecule has 0 heterocycles. The van der Waals surface area contributed by atoms with E-state index in [2.05, 4.69) is 10.6 Å². The minimum absolute atomic E-state index is 0.178. The molecule has 7 heteroatoms. The third-order valence-electron chi connectivity index (χ3n) is 2.73. The van der Waals surface area contributed by atoms with Crippen LogP contribution >= 0.6 is 23.2 Å². The molecule has 0 aliphatic heterocycles. The number of nitrogens with one attached hydrogen (secondary N) is 2. The molecule has 0 spiro atoms. The predicted octanol–water partition coefficient (Wildman–Crippen LogP) is 3.97. The van der Waals surface area contributed by atoms with E-state index in [9.17, 15) is 9.59 Å². The van der Waals surface area contributed by atoms with E-state index in [1.54, 1.807) is 36.4 Å². The molecule has 0 aliphatic carbocycles. The van der Waals surface area contributed by atoms with Gasteiger partial charge in [-0.2, -0.15) is 0 Å². The molecule has 0 saturated heterocycles. The number of hydrogen-bond acceptors (Lipinski definition) is 3. The molecule has 0 unspecified atom stereocenters. The van der Waals surface area contributed by atoms with Gasteiger partial charge in [0.15, 0.2) is 6.61 Å². The molecule has 2 N–H and O–H groups in total. The summed E-state index contributed by atoms with van der Waals surface area (Å²) >= 11 is 11.7. The quantitative estimate of drug-likeness (QED) is 0.855. The SMILES string of the molecule is CC(=O)Nc1cccc(NC(=O)COc2ccc(Cl)c(Cl)c2)c1. The highest BCUT2D eigenvalue weighted by molar-refractivity contribution is 6.42.